The average Bonchev–Trinajstić information content (AvgIpc) is 3.09. The number of hydrogen-bond acceptors (Lipinski definition) is 5. The molecule has 0 aliphatic heterocycles. The molecule has 0 atom stereocenters. The number of benzene rings is 2. The maximum atomic E-state index is 12.7. The molecular formula is C26H23N3O5. The van der Waals surface area contributed by atoms with Crippen LogP contribution in [0.1, 0.15) is 43.2 Å². The van der Waals surface area contributed by atoms with Crippen LogP contribution in [0, 0.1) is 32.1 Å². The van der Waals surface area contributed by atoms with E-state index in [1.807, 2.05) is 43.5 Å². The normalized spacial score (nSPS) is 11.0. The topological polar surface area (TPSA) is 121 Å². The molecule has 0 unspecified atom stereocenters. The second-order valence-electron chi connectivity index (χ2n) is 7.61. The number of aryl methyl sites for hydroxylation is 1. The van der Waals surface area contributed by atoms with Crippen LogP contribution in [0.2, 0.25) is 0 Å². The molecule has 2 aromatic carbocycles. The van der Waals surface area contributed by atoms with Crippen molar-refractivity contribution in [3.05, 3.63) is 87.7 Å². The largest absolute Gasteiger partial charge is 0.478 e. The van der Waals surface area contributed by atoms with Crippen LogP contribution in [-0.2, 0) is 9.53 Å². The number of methoxy groups -OCH3 is 1. The van der Waals surface area contributed by atoms with E-state index >= 15 is 0 Å². The predicted molar refractivity (Wildman–Crippen MR) is 127 cm³/mol. The molecule has 172 valence electrons. The number of aromatic carboxylic acids is 1. The van der Waals surface area contributed by atoms with Crippen molar-refractivity contribution < 1.29 is 24.2 Å². The highest BCUT2D eigenvalue weighted by Gasteiger charge is 2.18. The van der Waals surface area contributed by atoms with Crippen LogP contribution in [0.3, 0.4) is 0 Å². The number of nitrogens with zero attached hydrogens (tertiary/aromatic N) is 2. The van der Waals surface area contributed by atoms with Gasteiger partial charge in [-0.25, -0.2) is 9.59 Å². The highest BCUT2D eigenvalue weighted by atomic mass is 16.5. The Labute approximate surface area is 196 Å². The van der Waals surface area contributed by atoms with Crippen molar-refractivity contribution in [2.24, 2.45) is 0 Å². The molecule has 0 radical (unpaired) electrons. The zero-order chi connectivity index (χ0) is 25.0. The lowest BCUT2D eigenvalue weighted by Gasteiger charge is -2.15. The van der Waals surface area contributed by atoms with Gasteiger partial charge in [-0.2, -0.15) is 5.26 Å². The molecule has 0 aliphatic carbocycles. The number of amides is 1. The van der Waals surface area contributed by atoms with Crippen LogP contribution in [-0.4, -0.2) is 34.6 Å². The molecule has 8 heteroatoms. The number of aromatic nitrogens is 1. The molecule has 3 aromatic rings. The van der Waals surface area contributed by atoms with Gasteiger partial charge in [0.05, 0.1) is 18.2 Å². The van der Waals surface area contributed by atoms with E-state index in [9.17, 15) is 19.6 Å². The fraction of sp³-hybridized carbons (Fsp3) is 0.154. The third kappa shape index (κ3) is 4.74. The molecule has 2 N–H and O–H groups in total. The van der Waals surface area contributed by atoms with Crippen molar-refractivity contribution in [1.29, 1.82) is 5.26 Å². The Morgan fingerprint density at radius 3 is 2.44 bits per heavy atom. The van der Waals surface area contributed by atoms with Gasteiger partial charge in [0, 0.05) is 22.8 Å². The standard InChI is InChI=1S/C26H23N3O5/c1-15-11-19(17(3)29(15)23-10-6-9-22(16(23)2)26(33)34-4)12-20(14-27)24(30)28-21-8-5-7-18(13-21)25(31)32/h5-13H,1-4H3,(H,28,30)(H,31,32). The van der Waals surface area contributed by atoms with Gasteiger partial charge in [0.25, 0.3) is 5.91 Å². The van der Waals surface area contributed by atoms with E-state index in [-0.39, 0.29) is 16.8 Å². The lowest BCUT2D eigenvalue weighted by atomic mass is 10.1. The molecule has 8 nitrogen and oxygen atoms in total. The van der Waals surface area contributed by atoms with Crippen molar-refractivity contribution in [1.82, 2.24) is 4.57 Å². The summed E-state index contributed by atoms with van der Waals surface area (Å²) in [7, 11) is 1.33. The first-order chi connectivity index (χ1) is 16.2. The van der Waals surface area contributed by atoms with E-state index in [4.69, 9.17) is 9.84 Å². The summed E-state index contributed by atoms with van der Waals surface area (Å²) in [6.07, 6.45) is 1.48. The first-order valence-corrected chi connectivity index (χ1v) is 10.3. The number of carboxylic acids is 1. The molecule has 0 bridgehead atoms. The van der Waals surface area contributed by atoms with Crippen LogP contribution in [0.15, 0.2) is 54.1 Å². The molecule has 0 aliphatic rings. The lowest BCUT2D eigenvalue weighted by molar-refractivity contribution is -0.112. The number of nitrogens with one attached hydrogen (secondary N) is 1. The zero-order valence-electron chi connectivity index (χ0n) is 19.2. The molecule has 1 heterocycles. The predicted octanol–water partition coefficient (Wildman–Crippen LogP) is 4.43. The fourth-order valence-corrected chi connectivity index (χ4v) is 3.73. The summed E-state index contributed by atoms with van der Waals surface area (Å²) >= 11 is 0. The molecule has 1 amide bonds. The zero-order valence-corrected chi connectivity index (χ0v) is 19.2. The minimum Gasteiger partial charge on any atom is -0.478 e. The second kappa shape index (κ2) is 9.88. The Morgan fingerprint density at radius 1 is 1.09 bits per heavy atom. The van der Waals surface area contributed by atoms with Crippen LogP contribution in [0.4, 0.5) is 5.69 Å². The molecule has 0 spiro atoms. The van der Waals surface area contributed by atoms with E-state index in [0.717, 1.165) is 22.6 Å². The van der Waals surface area contributed by atoms with Gasteiger partial charge >= 0.3 is 11.9 Å². The van der Waals surface area contributed by atoms with Gasteiger partial charge in [-0.1, -0.05) is 12.1 Å². The van der Waals surface area contributed by atoms with Crippen molar-refractivity contribution in [3.63, 3.8) is 0 Å². The first kappa shape index (κ1) is 24.0. The number of esters is 1. The Balaban J connectivity index is 1.98. The highest BCUT2D eigenvalue weighted by molar-refractivity contribution is 6.10. The van der Waals surface area contributed by atoms with E-state index < -0.39 is 17.8 Å². The quantitative estimate of drug-likeness (QED) is 0.321. The van der Waals surface area contributed by atoms with Gasteiger partial charge in [0.1, 0.15) is 11.6 Å². The van der Waals surface area contributed by atoms with E-state index in [1.54, 1.807) is 18.2 Å². The highest BCUT2D eigenvalue weighted by Crippen LogP contribution is 2.27. The Kier molecular flexibility index (Phi) is 6.98. The summed E-state index contributed by atoms with van der Waals surface area (Å²) in [5, 5.41) is 21.3. The van der Waals surface area contributed by atoms with Gasteiger partial charge in [-0.05, 0) is 74.4 Å². The Hall–Kier alpha value is -4.64. The molecular weight excluding hydrogens is 434 g/mol. The number of carbonyl (C=O) groups excluding carboxylic acids is 2. The number of carbonyl (C=O) groups is 3. The van der Waals surface area contributed by atoms with Crippen LogP contribution >= 0.6 is 0 Å². The minimum atomic E-state index is -1.12. The summed E-state index contributed by atoms with van der Waals surface area (Å²) in [6, 6.07) is 14.9. The summed E-state index contributed by atoms with van der Waals surface area (Å²) in [5.74, 6) is -2.21. The number of rotatable bonds is 6. The van der Waals surface area contributed by atoms with E-state index in [0.29, 0.717) is 11.1 Å². The molecule has 34 heavy (non-hydrogen) atoms. The van der Waals surface area contributed by atoms with Crippen LogP contribution in [0.5, 0.6) is 0 Å². The summed E-state index contributed by atoms with van der Waals surface area (Å²) in [5.41, 5.74) is 4.41. The molecule has 0 saturated heterocycles. The van der Waals surface area contributed by atoms with Gasteiger partial charge in [0.2, 0.25) is 0 Å². The van der Waals surface area contributed by atoms with Gasteiger partial charge < -0.3 is 19.7 Å². The van der Waals surface area contributed by atoms with Crippen molar-refractivity contribution >= 4 is 29.6 Å². The van der Waals surface area contributed by atoms with Crippen molar-refractivity contribution in [3.8, 4) is 11.8 Å². The molecule has 1 aromatic heterocycles. The minimum absolute atomic E-state index is 0.0217. The van der Waals surface area contributed by atoms with Crippen molar-refractivity contribution in [2.45, 2.75) is 20.8 Å². The van der Waals surface area contributed by atoms with Gasteiger partial charge in [0.15, 0.2) is 0 Å². The Bertz CT molecular complexity index is 1380. The summed E-state index contributed by atoms with van der Waals surface area (Å²) in [4.78, 5) is 36.0. The SMILES string of the molecule is COC(=O)c1cccc(-n2c(C)cc(C=C(C#N)C(=O)Nc3cccc(C(=O)O)c3)c2C)c1C. The maximum absolute atomic E-state index is 12.7. The number of hydrogen-bond donors (Lipinski definition) is 2. The number of ether oxygens (including phenoxy) is 1. The Morgan fingerprint density at radius 2 is 1.79 bits per heavy atom. The van der Waals surface area contributed by atoms with Gasteiger partial charge in [-0.3, -0.25) is 4.79 Å². The number of carboxylic acid groups (broad SMARTS) is 1. The van der Waals surface area contributed by atoms with E-state index in [1.165, 1.54) is 31.4 Å². The molecule has 0 saturated carbocycles. The lowest BCUT2D eigenvalue weighted by Crippen LogP contribution is -2.14. The second-order valence-corrected chi connectivity index (χ2v) is 7.61. The molecule has 0 fully saturated rings. The third-order valence-corrected chi connectivity index (χ3v) is 5.45. The maximum Gasteiger partial charge on any atom is 0.338 e. The summed E-state index contributed by atoms with van der Waals surface area (Å²) < 4.78 is 6.81. The van der Waals surface area contributed by atoms with Crippen molar-refractivity contribution in [2.75, 3.05) is 12.4 Å². The number of anilines is 1. The van der Waals surface area contributed by atoms with Gasteiger partial charge in [-0.15, -0.1) is 0 Å². The van der Waals surface area contributed by atoms with Crippen LogP contribution in [0.25, 0.3) is 11.8 Å². The first-order valence-electron chi connectivity index (χ1n) is 10.3. The third-order valence-electron chi connectivity index (χ3n) is 5.45. The van der Waals surface area contributed by atoms with E-state index in [2.05, 4.69) is 5.32 Å². The van der Waals surface area contributed by atoms with Crippen LogP contribution < -0.4 is 5.32 Å². The smallest absolute Gasteiger partial charge is 0.338 e. The summed E-state index contributed by atoms with van der Waals surface area (Å²) in [6.45, 7) is 5.57. The molecule has 3 rings (SSSR count). The monoisotopic (exact) mass is 457 g/mol. The average molecular weight is 457 g/mol. The fourth-order valence-electron chi connectivity index (χ4n) is 3.73. The number of nitriles is 1.